The Morgan fingerprint density at radius 2 is 1.91 bits per heavy atom. The maximum Gasteiger partial charge on any atom is 0.231 e. The van der Waals surface area contributed by atoms with Crippen molar-refractivity contribution in [2.24, 2.45) is 5.41 Å². The Morgan fingerprint density at radius 1 is 1.13 bits per heavy atom. The molecule has 118 valence electrons. The highest BCUT2D eigenvalue weighted by atomic mass is 16.5. The quantitative estimate of drug-likeness (QED) is 0.851. The number of carbonyl (C=O) groups excluding carboxylic acids is 1. The number of hydrogen-bond donors (Lipinski definition) is 0. The van der Waals surface area contributed by atoms with E-state index in [9.17, 15) is 4.79 Å². The van der Waals surface area contributed by atoms with Gasteiger partial charge in [-0.2, -0.15) is 0 Å². The van der Waals surface area contributed by atoms with Gasteiger partial charge in [-0.15, -0.1) is 0 Å². The standard InChI is InChI=1S/C19H20N2O2/c1-23-17-12-20-16(11-21-17)13-6-8-19(9-7-13)10-14-4-2-3-5-15(14)18(19)22/h2-5,11-13H,6-10H2,1H3. The minimum atomic E-state index is -0.167. The van der Waals surface area contributed by atoms with E-state index in [0.717, 1.165) is 43.4 Å². The van der Waals surface area contributed by atoms with Gasteiger partial charge in [0.05, 0.1) is 25.2 Å². The van der Waals surface area contributed by atoms with E-state index in [2.05, 4.69) is 16.0 Å². The molecule has 0 amide bonds. The number of hydrogen-bond acceptors (Lipinski definition) is 4. The first-order chi connectivity index (χ1) is 11.2. The molecule has 2 aliphatic carbocycles. The zero-order valence-corrected chi connectivity index (χ0v) is 13.3. The number of carbonyl (C=O) groups is 1. The molecule has 23 heavy (non-hydrogen) atoms. The highest BCUT2D eigenvalue weighted by Crippen LogP contribution is 2.50. The molecule has 1 aromatic carbocycles. The molecule has 4 rings (SSSR count). The van der Waals surface area contributed by atoms with E-state index >= 15 is 0 Å². The molecule has 2 aliphatic rings. The lowest BCUT2D eigenvalue weighted by Crippen LogP contribution is -2.32. The van der Waals surface area contributed by atoms with E-state index in [1.807, 2.05) is 24.4 Å². The monoisotopic (exact) mass is 308 g/mol. The summed E-state index contributed by atoms with van der Waals surface area (Å²) in [6.07, 6.45) is 8.28. The lowest BCUT2D eigenvalue weighted by Gasteiger charge is -2.35. The second kappa shape index (κ2) is 5.44. The summed E-state index contributed by atoms with van der Waals surface area (Å²) in [6, 6.07) is 8.08. The number of methoxy groups -OCH3 is 1. The molecule has 0 aliphatic heterocycles. The molecule has 0 radical (unpaired) electrons. The minimum absolute atomic E-state index is 0.167. The molecule has 0 bridgehead atoms. The van der Waals surface area contributed by atoms with Gasteiger partial charge < -0.3 is 4.74 Å². The van der Waals surface area contributed by atoms with Gasteiger partial charge in [0, 0.05) is 16.9 Å². The molecule has 0 atom stereocenters. The predicted molar refractivity (Wildman–Crippen MR) is 86.7 cm³/mol. The van der Waals surface area contributed by atoms with E-state index in [0.29, 0.717) is 17.6 Å². The molecule has 1 fully saturated rings. The smallest absolute Gasteiger partial charge is 0.231 e. The molecule has 2 aromatic rings. The molecule has 4 nitrogen and oxygen atoms in total. The number of fused-ring (bicyclic) bond motifs is 1. The second-order valence-corrected chi connectivity index (χ2v) is 6.70. The van der Waals surface area contributed by atoms with Gasteiger partial charge >= 0.3 is 0 Å². The van der Waals surface area contributed by atoms with Crippen LogP contribution in [0, 0.1) is 5.41 Å². The third-order valence-corrected chi connectivity index (χ3v) is 5.49. The number of benzene rings is 1. The third kappa shape index (κ3) is 2.33. The lowest BCUT2D eigenvalue weighted by molar-refractivity contribution is 0.0732. The molecule has 0 N–H and O–H groups in total. The first kappa shape index (κ1) is 14.4. The minimum Gasteiger partial charge on any atom is -0.480 e. The van der Waals surface area contributed by atoms with Crippen molar-refractivity contribution in [3.8, 4) is 5.88 Å². The van der Waals surface area contributed by atoms with Crippen LogP contribution in [0.1, 0.15) is 53.2 Å². The number of rotatable bonds is 2. The summed E-state index contributed by atoms with van der Waals surface area (Å²) in [5.74, 6) is 1.30. The van der Waals surface area contributed by atoms with Gasteiger partial charge in [-0.3, -0.25) is 9.78 Å². The maximum absolute atomic E-state index is 12.9. The Kier molecular flexibility index (Phi) is 3.40. The van der Waals surface area contributed by atoms with Crippen molar-refractivity contribution in [3.05, 3.63) is 53.5 Å². The predicted octanol–water partition coefficient (Wildman–Crippen LogP) is 3.57. The van der Waals surface area contributed by atoms with Crippen LogP contribution < -0.4 is 4.74 Å². The fourth-order valence-electron chi connectivity index (χ4n) is 4.14. The highest BCUT2D eigenvalue weighted by molar-refractivity contribution is 6.05. The average molecular weight is 308 g/mol. The maximum atomic E-state index is 12.9. The SMILES string of the molecule is COc1cnc(C2CCC3(CC2)Cc2ccccc2C3=O)cn1. The molecule has 1 aromatic heterocycles. The summed E-state index contributed by atoms with van der Waals surface area (Å²) >= 11 is 0. The Bertz CT molecular complexity index is 731. The van der Waals surface area contributed by atoms with E-state index in [1.54, 1.807) is 13.3 Å². The van der Waals surface area contributed by atoms with Crippen LogP contribution in [0.4, 0.5) is 0 Å². The second-order valence-electron chi connectivity index (χ2n) is 6.70. The number of ketones is 1. The van der Waals surface area contributed by atoms with Crippen molar-refractivity contribution in [1.82, 2.24) is 9.97 Å². The molecular weight excluding hydrogens is 288 g/mol. The van der Waals surface area contributed by atoms with Crippen LogP contribution in [-0.2, 0) is 6.42 Å². The van der Waals surface area contributed by atoms with E-state index in [1.165, 1.54) is 5.56 Å². The highest BCUT2D eigenvalue weighted by Gasteiger charge is 2.47. The first-order valence-corrected chi connectivity index (χ1v) is 8.20. The molecule has 1 spiro atoms. The van der Waals surface area contributed by atoms with Crippen LogP contribution in [0.25, 0.3) is 0 Å². The van der Waals surface area contributed by atoms with Crippen LogP contribution in [0.2, 0.25) is 0 Å². The molecule has 0 saturated heterocycles. The topological polar surface area (TPSA) is 52.1 Å². The van der Waals surface area contributed by atoms with Gasteiger partial charge in [0.1, 0.15) is 0 Å². The summed E-state index contributed by atoms with van der Waals surface area (Å²) in [4.78, 5) is 21.6. The summed E-state index contributed by atoms with van der Waals surface area (Å²) in [7, 11) is 1.59. The Hall–Kier alpha value is -2.23. The van der Waals surface area contributed by atoms with Gasteiger partial charge in [-0.1, -0.05) is 24.3 Å². The van der Waals surface area contributed by atoms with Crippen LogP contribution >= 0.6 is 0 Å². The Morgan fingerprint density at radius 3 is 2.57 bits per heavy atom. The number of nitrogens with zero attached hydrogens (tertiary/aromatic N) is 2. The van der Waals surface area contributed by atoms with E-state index < -0.39 is 0 Å². The van der Waals surface area contributed by atoms with Crippen molar-refractivity contribution in [3.63, 3.8) is 0 Å². The summed E-state index contributed by atoms with van der Waals surface area (Å²) in [5.41, 5.74) is 3.01. The molecule has 4 heteroatoms. The Labute approximate surface area is 135 Å². The molecular formula is C19H20N2O2. The largest absolute Gasteiger partial charge is 0.480 e. The lowest BCUT2D eigenvalue weighted by atomic mass is 9.67. The van der Waals surface area contributed by atoms with Crippen molar-refractivity contribution >= 4 is 5.78 Å². The zero-order chi connectivity index (χ0) is 15.9. The van der Waals surface area contributed by atoms with Crippen LogP contribution in [0.5, 0.6) is 5.88 Å². The van der Waals surface area contributed by atoms with Gasteiger partial charge in [-0.25, -0.2) is 4.98 Å². The zero-order valence-electron chi connectivity index (χ0n) is 13.3. The van der Waals surface area contributed by atoms with Crippen molar-refractivity contribution in [2.45, 2.75) is 38.0 Å². The van der Waals surface area contributed by atoms with Crippen molar-refractivity contribution < 1.29 is 9.53 Å². The number of aromatic nitrogens is 2. The van der Waals surface area contributed by atoms with Crippen LogP contribution in [-0.4, -0.2) is 22.9 Å². The fourth-order valence-corrected chi connectivity index (χ4v) is 4.14. The number of ether oxygens (including phenoxy) is 1. The molecule has 1 saturated carbocycles. The summed E-state index contributed by atoms with van der Waals surface area (Å²) in [5, 5.41) is 0. The van der Waals surface area contributed by atoms with Crippen molar-refractivity contribution in [2.75, 3.05) is 7.11 Å². The van der Waals surface area contributed by atoms with Gasteiger partial charge in [0.25, 0.3) is 0 Å². The normalized spacial score (nSPS) is 26.3. The number of Topliss-reactive ketones (excluding diaryl/α,β-unsaturated/α-hetero) is 1. The molecule has 0 unspecified atom stereocenters. The van der Waals surface area contributed by atoms with Crippen molar-refractivity contribution in [1.29, 1.82) is 0 Å². The summed E-state index contributed by atoms with van der Waals surface area (Å²) in [6.45, 7) is 0. The van der Waals surface area contributed by atoms with E-state index in [4.69, 9.17) is 4.74 Å². The van der Waals surface area contributed by atoms with Crippen LogP contribution in [0.15, 0.2) is 36.7 Å². The van der Waals surface area contributed by atoms with Gasteiger partial charge in [0.2, 0.25) is 5.88 Å². The van der Waals surface area contributed by atoms with E-state index in [-0.39, 0.29) is 5.41 Å². The first-order valence-electron chi connectivity index (χ1n) is 8.20. The van der Waals surface area contributed by atoms with Crippen LogP contribution in [0.3, 0.4) is 0 Å². The van der Waals surface area contributed by atoms with Gasteiger partial charge in [0.15, 0.2) is 5.78 Å². The third-order valence-electron chi connectivity index (χ3n) is 5.49. The fraction of sp³-hybridized carbons (Fsp3) is 0.421. The Balaban J connectivity index is 1.50. The summed E-state index contributed by atoms with van der Waals surface area (Å²) < 4.78 is 5.06. The average Bonchev–Trinajstić information content (AvgIpc) is 2.88. The molecule has 1 heterocycles. The van der Waals surface area contributed by atoms with Gasteiger partial charge in [-0.05, 0) is 37.7 Å².